The van der Waals surface area contributed by atoms with Gasteiger partial charge in [0.1, 0.15) is 12.4 Å². The van der Waals surface area contributed by atoms with Crippen molar-refractivity contribution in [1.82, 2.24) is 0 Å². The first-order valence-corrected chi connectivity index (χ1v) is 4.69. The van der Waals surface area contributed by atoms with E-state index in [0.29, 0.717) is 10.8 Å². The standard InChI is InChI=1S/C10H13ClFNO/c1-10(12,6-13)7-14-9-5-3-2-4-8(9)11/h2-5H,6-7,13H2,1H3. The number of alkyl halides is 1. The van der Waals surface area contributed by atoms with E-state index in [1.807, 2.05) is 0 Å². The molecular weight excluding hydrogens is 205 g/mol. The van der Waals surface area contributed by atoms with Crippen LogP contribution >= 0.6 is 11.6 Å². The van der Waals surface area contributed by atoms with E-state index >= 15 is 0 Å². The van der Waals surface area contributed by atoms with Gasteiger partial charge >= 0.3 is 0 Å². The number of para-hydroxylation sites is 1. The maximum absolute atomic E-state index is 13.3. The van der Waals surface area contributed by atoms with Gasteiger partial charge in [0.15, 0.2) is 5.67 Å². The van der Waals surface area contributed by atoms with E-state index in [1.165, 1.54) is 6.92 Å². The van der Waals surface area contributed by atoms with Crippen LogP contribution in [0.15, 0.2) is 24.3 Å². The number of rotatable bonds is 4. The smallest absolute Gasteiger partial charge is 0.154 e. The Morgan fingerprint density at radius 1 is 1.50 bits per heavy atom. The fraction of sp³-hybridized carbons (Fsp3) is 0.400. The minimum absolute atomic E-state index is 0.0720. The maximum atomic E-state index is 13.3. The Kier molecular flexibility index (Phi) is 3.72. The minimum Gasteiger partial charge on any atom is -0.489 e. The highest BCUT2D eigenvalue weighted by atomic mass is 35.5. The first kappa shape index (κ1) is 11.3. The molecule has 0 aliphatic rings. The third-order valence-electron chi connectivity index (χ3n) is 1.79. The molecule has 1 unspecified atom stereocenters. The van der Waals surface area contributed by atoms with Gasteiger partial charge in [-0.2, -0.15) is 0 Å². The molecule has 0 spiro atoms. The lowest BCUT2D eigenvalue weighted by Gasteiger charge is -2.18. The van der Waals surface area contributed by atoms with Gasteiger partial charge in [-0.15, -0.1) is 0 Å². The van der Waals surface area contributed by atoms with Crippen LogP contribution in [0.2, 0.25) is 5.02 Å². The van der Waals surface area contributed by atoms with Crippen LogP contribution in [0.5, 0.6) is 5.75 Å². The molecule has 0 bridgehead atoms. The van der Waals surface area contributed by atoms with E-state index < -0.39 is 5.67 Å². The van der Waals surface area contributed by atoms with Crippen molar-refractivity contribution in [3.63, 3.8) is 0 Å². The molecule has 0 amide bonds. The molecule has 4 heteroatoms. The molecule has 0 aliphatic carbocycles. The largest absolute Gasteiger partial charge is 0.489 e. The molecule has 78 valence electrons. The Morgan fingerprint density at radius 2 is 2.14 bits per heavy atom. The average Bonchev–Trinajstić information content (AvgIpc) is 2.17. The molecule has 0 heterocycles. The van der Waals surface area contributed by atoms with E-state index in [9.17, 15) is 4.39 Å². The first-order chi connectivity index (χ1) is 6.55. The maximum Gasteiger partial charge on any atom is 0.154 e. The summed E-state index contributed by atoms with van der Waals surface area (Å²) in [6.07, 6.45) is 0. The van der Waals surface area contributed by atoms with Gasteiger partial charge in [0.25, 0.3) is 0 Å². The highest BCUT2D eigenvalue weighted by Gasteiger charge is 2.22. The Labute approximate surface area is 87.8 Å². The summed E-state index contributed by atoms with van der Waals surface area (Å²) in [7, 11) is 0. The van der Waals surface area contributed by atoms with Crippen LogP contribution in [-0.4, -0.2) is 18.8 Å². The van der Waals surface area contributed by atoms with Crippen LogP contribution < -0.4 is 10.5 Å². The molecule has 1 atom stereocenters. The fourth-order valence-electron chi connectivity index (χ4n) is 0.849. The lowest BCUT2D eigenvalue weighted by molar-refractivity contribution is 0.110. The van der Waals surface area contributed by atoms with Gasteiger partial charge in [-0.3, -0.25) is 0 Å². The molecule has 2 N–H and O–H groups in total. The van der Waals surface area contributed by atoms with Gasteiger partial charge in [0.05, 0.1) is 5.02 Å². The molecule has 0 fully saturated rings. The van der Waals surface area contributed by atoms with E-state index in [0.717, 1.165) is 0 Å². The summed E-state index contributed by atoms with van der Waals surface area (Å²) in [6.45, 7) is 1.23. The van der Waals surface area contributed by atoms with Crippen molar-refractivity contribution in [1.29, 1.82) is 0 Å². The number of nitrogens with two attached hydrogens (primary N) is 1. The van der Waals surface area contributed by atoms with Crippen LogP contribution in [0.4, 0.5) is 4.39 Å². The Hall–Kier alpha value is -0.800. The zero-order valence-electron chi connectivity index (χ0n) is 7.97. The highest BCUT2D eigenvalue weighted by molar-refractivity contribution is 6.32. The van der Waals surface area contributed by atoms with Gasteiger partial charge in [-0.25, -0.2) is 4.39 Å². The molecule has 0 aromatic heterocycles. The van der Waals surface area contributed by atoms with Crippen molar-refractivity contribution < 1.29 is 9.13 Å². The second-order valence-corrected chi connectivity index (χ2v) is 3.74. The van der Waals surface area contributed by atoms with E-state index in [2.05, 4.69) is 0 Å². The summed E-state index contributed by atoms with van der Waals surface area (Å²) in [5.74, 6) is 0.478. The minimum atomic E-state index is -1.51. The van der Waals surface area contributed by atoms with Gasteiger partial charge in [-0.1, -0.05) is 23.7 Å². The Bertz CT molecular complexity index is 304. The molecule has 0 radical (unpaired) electrons. The number of hydrogen-bond donors (Lipinski definition) is 1. The molecular formula is C10H13ClFNO. The third-order valence-corrected chi connectivity index (χ3v) is 2.10. The topological polar surface area (TPSA) is 35.2 Å². The molecule has 1 rings (SSSR count). The van der Waals surface area contributed by atoms with Gasteiger partial charge in [-0.05, 0) is 19.1 Å². The van der Waals surface area contributed by atoms with Crippen molar-refractivity contribution in [2.45, 2.75) is 12.6 Å². The van der Waals surface area contributed by atoms with Gasteiger partial charge in [0, 0.05) is 6.54 Å². The summed E-state index contributed by atoms with van der Waals surface area (Å²) < 4.78 is 18.5. The number of hydrogen-bond acceptors (Lipinski definition) is 2. The average molecular weight is 218 g/mol. The number of benzene rings is 1. The molecule has 1 aromatic rings. The van der Waals surface area contributed by atoms with Crippen molar-refractivity contribution in [2.24, 2.45) is 5.73 Å². The normalized spacial score (nSPS) is 14.9. The quantitative estimate of drug-likeness (QED) is 0.841. The van der Waals surface area contributed by atoms with Crippen molar-refractivity contribution in [2.75, 3.05) is 13.2 Å². The van der Waals surface area contributed by atoms with E-state index in [1.54, 1.807) is 24.3 Å². The summed E-state index contributed by atoms with van der Waals surface area (Å²) in [5, 5.41) is 0.473. The van der Waals surface area contributed by atoms with Crippen LogP contribution in [0.3, 0.4) is 0 Å². The molecule has 0 aliphatic heterocycles. The zero-order chi connectivity index (χ0) is 10.6. The van der Waals surface area contributed by atoms with Crippen molar-refractivity contribution >= 4 is 11.6 Å². The number of ether oxygens (including phenoxy) is 1. The van der Waals surface area contributed by atoms with E-state index in [4.69, 9.17) is 22.1 Å². The lowest BCUT2D eigenvalue weighted by Crippen LogP contribution is -2.35. The first-order valence-electron chi connectivity index (χ1n) is 4.31. The predicted octanol–water partition coefficient (Wildman–Crippen LogP) is 2.41. The zero-order valence-corrected chi connectivity index (χ0v) is 8.72. The Morgan fingerprint density at radius 3 is 2.71 bits per heavy atom. The summed E-state index contributed by atoms with van der Waals surface area (Å²) >= 11 is 5.82. The summed E-state index contributed by atoms with van der Waals surface area (Å²) in [4.78, 5) is 0. The van der Waals surface area contributed by atoms with Crippen LogP contribution in [0, 0.1) is 0 Å². The number of halogens is 2. The third kappa shape index (κ3) is 3.16. The predicted molar refractivity (Wildman–Crippen MR) is 55.5 cm³/mol. The van der Waals surface area contributed by atoms with Crippen LogP contribution in [0.1, 0.15) is 6.92 Å². The summed E-state index contributed by atoms with van der Waals surface area (Å²) in [5.41, 5.74) is 3.71. The molecule has 0 saturated carbocycles. The van der Waals surface area contributed by atoms with E-state index in [-0.39, 0.29) is 13.2 Å². The second-order valence-electron chi connectivity index (χ2n) is 3.34. The summed E-state index contributed by atoms with van der Waals surface area (Å²) in [6, 6.07) is 6.94. The SMILES string of the molecule is CC(F)(CN)COc1ccccc1Cl. The van der Waals surface area contributed by atoms with Crippen LogP contribution in [0.25, 0.3) is 0 Å². The Balaban J connectivity index is 2.58. The van der Waals surface area contributed by atoms with Crippen LogP contribution in [-0.2, 0) is 0 Å². The molecule has 2 nitrogen and oxygen atoms in total. The molecule has 1 aromatic carbocycles. The fourth-order valence-corrected chi connectivity index (χ4v) is 1.04. The van der Waals surface area contributed by atoms with Gasteiger partial charge in [0.2, 0.25) is 0 Å². The monoisotopic (exact) mass is 217 g/mol. The van der Waals surface area contributed by atoms with Crippen molar-refractivity contribution in [3.8, 4) is 5.75 Å². The molecule has 14 heavy (non-hydrogen) atoms. The second kappa shape index (κ2) is 4.62. The van der Waals surface area contributed by atoms with Gasteiger partial charge < -0.3 is 10.5 Å². The highest BCUT2D eigenvalue weighted by Crippen LogP contribution is 2.24. The van der Waals surface area contributed by atoms with Crippen molar-refractivity contribution in [3.05, 3.63) is 29.3 Å². The lowest BCUT2D eigenvalue weighted by atomic mass is 10.1. The molecule has 0 saturated heterocycles.